The van der Waals surface area contributed by atoms with E-state index in [0.29, 0.717) is 30.9 Å². The Morgan fingerprint density at radius 2 is 2.17 bits per heavy atom. The van der Waals surface area contributed by atoms with Gasteiger partial charge in [0.15, 0.2) is 10.0 Å². The number of halogens is 1. The number of aromatic nitrogens is 1. The van der Waals surface area contributed by atoms with Crippen molar-refractivity contribution < 1.29 is 19.0 Å². The van der Waals surface area contributed by atoms with E-state index in [1.807, 2.05) is 0 Å². The van der Waals surface area contributed by atoms with Crippen LogP contribution in [0.25, 0.3) is 0 Å². The Hall–Kier alpha value is -0.850. The smallest absolute Gasteiger partial charge is 0.351 e. The molecule has 0 amide bonds. The maximum Gasteiger partial charge on any atom is 0.351 e. The molecule has 0 unspecified atom stereocenters. The van der Waals surface area contributed by atoms with Crippen LogP contribution in [0.4, 0.5) is 0 Å². The van der Waals surface area contributed by atoms with Gasteiger partial charge < -0.3 is 14.2 Å². The van der Waals surface area contributed by atoms with E-state index in [2.05, 4.69) is 23.6 Å². The minimum absolute atomic E-state index is 0.102. The average Bonchev–Trinajstić information content (AvgIpc) is 2.69. The molecule has 0 radical (unpaired) electrons. The molecule has 0 fully saturated rings. The van der Waals surface area contributed by atoms with Gasteiger partial charge in [-0.25, -0.2) is 4.79 Å². The molecule has 0 aliphatic rings. The molecule has 0 spiro atoms. The van der Waals surface area contributed by atoms with E-state index < -0.39 is 5.97 Å². The molecule has 1 aromatic heterocycles. The van der Waals surface area contributed by atoms with Crippen LogP contribution in [0.2, 0.25) is 5.15 Å². The summed E-state index contributed by atoms with van der Waals surface area (Å²) in [5.41, 5.74) is 0. The molecule has 0 saturated heterocycles. The number of carbonyl (C=O) groups is 1. The Morgan fingerprint density at radius 1 is 1.44 bits per heavy atom. The van der Waals surface area contributed by atoms with Crippen LogP contribution in [-0.2, 0) is 9.47 Å². The van der Waals surface area contributed by atoms with Crippen LogP contribution < -0.4 is 4.74 Å². The summed E-state index contributed by atoms with van der Waals surface area (Å²) < 4.78 is 15.3. The molecule has 0 N–H and O–H groups in total. The van der Waals surface area contributed by atoms with E-state index in [9.17, 15) is 4.79 Å². The summed E-state index contributed by atoms with van der Waals surface area (Å²) in [6.45, 7) is 5.68. The zero-order valence-corrected chi connectivity index (χ0v) is 12.1. The minimum atomic E-state index is -0.511. The summed E-state index contributed by atoms with van der Waals surface area (Å²) in [5.74, 6) is -0.0198. The van der Waals surface area contributed by atoms with Crippen molar-refractivity contribution in [1.29, 1.82) is 0 Å². The van der Waals surface area contributed by atoms with Gasteiger partial charge in [-0.3, -0.25) is 0 Å². The average molecular weight is 294 g/mol. The van der Waals surface area contributed by atoms with Crippen molar-refractivity contribution in [2.75, 3.05) is 26.9 Å². The van der Waals surface area contributed by atoms with Gasteiger partial charge in [0, 0.05) is 6.61 Å². The first kappa shape index (κ1) is 15.2. The highest BCUT2D eigenvalue weighted by molar-refractivity contribution is 7.15. The zero-order valence-electron chi connectivity index (χ0n) is 10.6. The van der Waals surface area contributed by atoms with Crippen LogP contribution in [0.5, 0.6) is 5.19 Å². The van der Waals surface area contributed by atoms with E-state index in [0.717, 1.165) is 11.3 Å². The van der Waals surface area contributed by atoms with E-state index >= 15 is 0 Å². The van der Waals surface area contributed by atoms with E-state index in [4.69, 9.17) is 21.1 Å². The molecule has 1 rings (SSSR count). The number of nitrogens with zero attached hydrogens (tertiary/aromatic N) is 1. The predicted molar refractivity (Wildman–Crippen MR) is 69.6 cm³/mol. The maximum atomic E-state index is 11.3. The Balaban J connectivity index is 2.37. The van der Waals surface area contributed by atoms with E-state index in [1.54, 1.807) is 0 Å². The molecule has 102 valence electrons. The monoisotopic (exact) mass is 293 g/mol. The van der Waals surface area contributed by atoms with Crippen LogP contribution >= 0.6 is 22.9 Å². The standard InChI is InChI=1S/C11H16ClNO4S/c1-7(2)6-16-4-5-17-11-13-9(12)8(18-11)10(14)15-3/h7H,4-6H2,1-3H3. The van der Waals surface area contributed by atoms with Gasteiger partial charge in [0.2, 0.25) is 0 Å². The molecular weight excluding hydrogens is 278 g/mol. The summed E-state index contributed by atoms with van der Waals surface area (Å²) in [7, 11) is 1.29. The van der Waals surface area contributed by atoms with Gasteiger partial charge >= 0.3 is 5.97 Å². The van der Waals surface area contributed by atoms with Gasteiger partial charge in [-0.1, -0.05) is 36.8 Å². The third-order valence-corrected chi connectivity index (χ3v) is 3.17. The Labute approximate surface area is 115 Å². The fraction of sp³-hybridized carbons (Fsp3) is 0.636. The molecule has 1 aromatic rings. The normalized spacial score (nSPS) is 10.7. The van der Waals surface area contributed by atoms with Gasteiger partial charge in [-0.2, -0.15) is 4.98 Å². The lowest BCUT2D eigenvalue weighted by atomic mass is 10.2. The summed E-state index contributed by atoms with van der Waals surface area (Å²) in [6, 6.07) is 0. The Bertz CT molecular complexity index is 394. The first-order valence-corrected chi connectivity index (χ1v) is 6.69. The number of hydrogen-bond donors (Lipinski definition) is 0. The first-order chi connectivity index (χ1) is 8.54. The highest BCUT2D eigenvalue weighted by Crippen LogP contribution is 2.29. The molecule has 18 heavy (non-hydrogen) atoms. The number of rotatable bonds is 7. The quantitative estimate of drug-likeness (QED) is 0.571. The predicted octanol–water partition coefficient (Wildman–Crippen LogP) is 2.63. The van der Waals surface area contributed by atoms with Crippen molar-refractivity contribution in [2.24, 2.45) is 5.92 Å². The van der Waals surface area contributed by atoms with Crippen LogP contribution in [0.3, 0.4) is 0 Å². The number of thiazole rings is 1. The number of hydrogen-bond acceptors (Lipinski definition) is 6. The number of ether oxygens (including phenoxy) is 3. The second-order valence-corrected chi connectivity index (χ2v) is 5.23. The van der Waals surface area contributed by atoms with Crippen molar-refractivity contribution in [3.8, 4) is 5.19 Å². The molecular formula is C11H16ClNO4S. The second kappa shape index (κ2) is 7.56. The van der Waals surface area contributed by atoms with Crippen molar-refractivity contribution in [1.82, 2.24) is 4.98 Å². The summed E-state index contributed by atoms with van der Waals surface area (Å²) in [4.78, 5) is 15.4. The molecule has 0 saturated carbocycles. The Morgan fingerprint density at radius 3 is 2.78 bits per heavy atom. The highest BCUT2D eigenvalue weighted by atomic mass is 35.5. The summed E-state index contributed by atoms with van der Waals surface area (Å²) in [6.07, 6.45) is 0. The van der Waals surface area contributed by atoms with Gasteiger partial charge in [0.05, 0.1) is 13.7 Å². The molecule has 5 nitrogen and oxygen atoms in total. The van der Waals surface area contributed by atoms with Crippen molar-refractivity contribution in [3.63, 3.8) is 0 Å². The molecule has 0 aliphatic heterocycles. The summed E-state index contributed by atoms with van der Waals surface area (Å²) >= 11 is 6.85. The topological polar surface area (TPSA) is 57.7 Å². The second-order valence-electron chi connectivity index (χ2n) is 3.91. The third kappa shape index (κ3) is 4.80. The number of carbonyl (C=O) groups excluding carboxylic acids is 1. The lowest BCUT2D eigenvalue weighted by molar-refractivity contribution is 0.0606. The van der Waals surface area contributed by atoms with Crippen LogP contribution in [-0.4, -0.2) is 37.9 Å². The molecule has 0 atom stereocenters. The van der Waals surface area contributed by atoms with E-state index in [-0.39, 0.29) is 10.0 Å². The minimum Gasteiger partial charge on any atom is -0.468 e. The molecule has 0 aliphatic carbocycles. The van der Waals surface area contributed by atoms with Gasteiger partial charge in [-0.05, 0) is 5.92 Å². The number of esters is 1. The van der Waals surface area contributed by atoms with Crippen molar-refractivity contribution in [2.45, 2.75) is 13.8 Å². The lowest BCUT2D eigenvalue weighted by Crippen LogP contribution is -2.10. The zero-order chi connectivity index (χ0) is 13.5. The van der Waals surface area contributed by atoms with Crippen molar-refractivity contribution >= 4 is 28.9 Å². The van der Waals surface area contributed by atoms with Gasteiger partial charge in [0.1, 0.15) is 6.61 Å². The Kier molecular flexibility index (Phi) is 6.38. The highest BCUT2D eigenvalue weighted by Gasteiger charge is 2.17. The van der Waals surface area contributed by atoms with Crippen LogP contribution in [0.15, 0.2) is 0 Å². The van der Waals surface area contributed by atoms with Crippen LogP contribution in [0, 0.1) is 5.92 Å². The van der Waals surface area contributed by atoms with Gasteiger partial charge in [0.25, 0.3) is 5.19 Å². The van der Waals surface area contributed by atoms with Crippen LogP contribution in [0.1, 0.15) is 23.5 Å². The molecule has 0 aromatic carbocycles. The lowest BCUT2D eigenvalue weighted by Gasteiger charge is -2.06. The third-order valence-electron chi connectivity index (χ3n) is 1.84. The SMILES string of the molecule is COC(=O)c1sc(OCCOCC(C)C)nc1Cl. The molecule has 0 bridgehead atoms. The molecule has 7 heteroatoms. The largest absolute Gasteiger partial charge is 0.468 e. The fourth-order valence-corrected chi connectivity index (χ4v) is 2.14. The molecule has 1 heterocycles. The fourth-order valence-electron chi connectivity index (χ4n) is 1.07. The maximum absolute atomic E-state index is 11.3. The van der Waals surface area contributed by atoms with Gasteiger partial charge in [-0.15, -0.1) is 0 Å². The summed E-state index contributed by atoms with van der Waals surface area (Å²) in [5, 5.41) is 0.443. The van der Waals surface area contributed by atoms with E-state index in [1.165, 1.54) is 7.11 Å². The first-order valence-electron chi connectivity index (χ1n) is 5.49. The van der Waals surface area contributed by atoms with Crippen molar-refractivity contribution in [3.05, 3.63) is 10.0 Å². The number of methoxy groups -OCH3 is 1.